The Morgan fingerprint density at radius 3 is 1.23 bits per heavy atom. The Labute approximate surface area is 110 Å². The summed E-state index contributed by atoms with van der Waals surface area (Å²) in [4.78, 5) is 0. The number of hydrogen-bond acceptors (Lipinski definition) is 1. The van der Waals surface area contributed by atoms with Gasteiger partial charge in [0, 0.05) is 0 Å². The molecule has 22 heavy (non-hydrogen) atoms. The van der Waals surface area contributed by atoms with Crippen molar-refractivity contribution in [2.75, 3.05) is 0 Å². The topological polar surface area (TPSA) is 9.23 Å². The van der Waals surface area contributed by atoms with Crippen LogP contribution < -0.4 is 0 Å². The van der Waals surface area contributed by atoms with Crippen molar-refractivity contribution in [3.05, 3.63) is 11.9 Å². The van der Waals surface area contributed by atoms with Gasteiger partial charge in [-0.15, -0.1) is 0 Å². The Morgan fingerprint density at radius 1 is 0.591 bits per heavy atom. The fourth-order valence-electron chi connectivity index (χ4n) is 0.741. The SMILES string of the molecule is FC(F)=C(F)C(F)(F)OC(F)(F)C(F)(F)C(F)(F)C(F)(F)F. The predicted molar refractivity (Wildman–Crippen MR) is 37.3 cm³/mol. The molecule has 0 aromatic heterocycles. The lowest BCUT2D eigenvalue weighted by Gasteiger charge is -2.34. The van der Waals surface area contributed by atoms with E-state index in [1.54, 1.807) is 0 Å². The van der Waals surface area contributed by atoms with E-state index in [-0.39, 0.29) is 0 Å². The zero-order valence-electron chi connectivity index (χ0n) is 9.20. The second kappa shape index (κ2) is 5.42. The zero-order chi connectivity index (χ0) is 18.4. The van der Waals surface area contributed by atoms with Crippen LogP contribution in [0.3, 0.4) is 0 Å². The van der Waals surface area contributed by atoms with Gasteiger partial charge in [0.1, 0.15) is 0 Å². The van der Waals surface area contributed by atoms with E-state index in [1.807, 2.05) is 0 Å². The van der Waals surface area contributed by atoms with E-state index >= 15 is 0 Å². The van der Waals surface area contributed by atoms with Crippen LogP contribution in [0.5, 0.6) is 0 Å². The minimum atomic E-state index is -7.67. The predicted octanol–water partition coefficient (Wildman–Crippen LogP) is 5.10. The normalized spacial score (nSPS) is 15.0. The number of alkyl halides is 11. The fourth-order valence-corrected chi connectivity index (χ4v) is 0.741. The summed E-state index contributed by atoms with van der Waals surface area (Å²) in [5.74, 6) is -19.5. The minimum absolute atomic E-state index is 1.49. The summed E-state index contributed by atoms with van der Waals surface area (Å²) in [6.45, 7) is 0. The number of hydrogen-bond donors (Lipinski definition) is 0. The first kappa shape index (κ1) is 20.7. The second-order valence-electron chi connectivity index (χ2n) is 3.36. The third kappa shape index (κ3) is 3.38. The van der Waals surface area contributed by atoms with Crippen LogP contribution in [0.1, 0.15) is 0 Å². The molecule has 0 heterocycles. The third-order valence-corrected chi connectivity index (χ3v) is 1.79. The fraction of sp³-hybridized carbons (Fsp3) is 0.714. The van der Waals surface area contributed by atoms with Crippen molar-refractivity contribution in [2.45, 2.75) is 30.2 Å². The summed E-state index contributed by atoms with van der Waals surface area (Å²) in [7, 11) is 0. The van der Waals surface area contributed by atoms with E-state index < -0.39 is 42.1 Å². The van der Waals surface area contributed by atoms with E-state index in [0.717, 1.165) is 0 Å². The summed E-state index contributed by atoms with van der Waals surface area (Å²) in [5.41, 5.74) is 0. The molecule has 0 atom stereocenters. The molecule has 15 heteroatoms. The van der Waals surface area contributed by atoms with E-state index in [9.17, 15) is 61.5 Å². The lowest BCUT2D eigenvalue weighted by molar-refractivity contribution is -0.478. The van der Waals surface area contributed by atoms with Crippen LogP contribution in [0.2, 0.25) is 0 Å². The molecule has 0 aromatic carbocycles. The molecule has 0 aliphatic rings. The van der Waals surface area contributed by atoms with Gasteiger partial charge in [-0.05, 0) is 0 Å². The molecule has 0 unspecified atom stereocenters. The molecular formula is C7F14O. The Hall–Kier alpha value is -1.28. The van der Waals surface area contributed by atoms with Crippen LogP contribution in [-0.4, -0.2) is 30.2 Å². The summed E-state index contributed by atoms with van der Waals surface area (Å²) in [6, 6.07) is 0. The molecule has 0 N–H and O–H groups in total. The average molecular weight is 366 g/mol. The maximum Gasteiger partial charge on any atom is 0.460 e. The second-order valence-corrected chi connectivity index (χ2v) is 3.36. The lowest BCUT2D eigenvalue weighted by Crippen LogP contribution is -2.62. The van der Waals surface area contributed by atoms with Crippen molar-refractivity contribution < 1.29 is 66.2 Å². The van der Waals surface area contributed by atoms with Gasteiger partial charge in [0.25, 0.3) is 5.83 Å². The number of ether oxygens (including phenoxy) is 1. The van der Waals surface area contributed by atoms with Gasteiger partial charge in [-0.3, -0.25) is 0 Å². The lowest BCUT2D eigenvalue weighted by atomic mass is 10.1. The molecule has 0 aliphatic carbocycles. The smallest absolute Gasteiger partial charge is 0.244 e. The first-order chi connectivity index (χ1) is 9.31. The van der Waals surface area contributed by atoms with Crippen LogP contribution in [0.15, 0.2) is 11.9 Å². The van der Waals surface area contributed by atoms with Gasteiger partial charge >= 0.3 is 36.3 Å². The van der Waals surface area contributed by atoms with Gasteiger partial charge in [-0.2, -0.15) is 61.5 Å². The van der Waals surface area contributed by atoms with E-state index in [4.69, 9.17) is 0 Å². The Bertz CT molecular complexity index is 441. The first-order valence-corrected chi connectivity index (χ1v) is 4.30. The molecule has 0 amide bonds. The molecule has 0 saturated heterocycles. The molecular weight excluding hydrogens is 366 g/mol. The Balaban J connectivity index is 5.81. The minimum Gasteiger partial charge on any atom is -0.244 e. The largest absolute Gasteiger partial charge is 0.460 e. The van der Waals surface area contributed by atoms with Crippen molar-refractivity contribution in [3.8, 4) is 0 Å². The van der Waals surface area contributed by atoms with Gasteiger partial charge < -0.3 is 0 Å². The molecule has 0 radical (unpaired) electrons. The molecule has 0 rings (SSSR count). The first-order valence-electron chi connectivity index (χ1n) is 4.30. The molecule has 0 saturated carbocycles. The molecule has 132 valence electrons. The van der Waals surface area contributed by atoms with Crippen molar-refractivity contribution in [3.63, 3.8) is 0 Å². The molecule has 1 nitrogen and oxygen atoms in total. The summed E-state index contributed by atoms with van der Waals surface area (Å²) < 4.78 is 170. The van der Waals surface area contributed by atoms with E-state index in [0.29, 0.717) is 0 Å². The van der Waals surface area contributed by atoms with Gasteiger partial charge in [-0.25, -0.2) is 4.74 Å². The number of halogens is 14. The van der Waals surface area contributed by atoms with Gasteiger partial charge in [0.05, 0.1) is 0 Å². The molecule has 0 spiro atoms. The van der Waals surface area contributed by atoms with Crippen molar-refractivity contribution in [2.24, 2.45) is 0 Å². The maximum atomic E-state index is 12.5. The zero-order valence-corrected chi connectivity index (χ0v) is 9.20. The standard InChI is InChI=1S/C7F14O/c8-1(2(9)10)3(11,12)22-7(20,21)5(15,16)4(13,14)6(17,18)19. The monoisotopic (exact) mass is 366 g/mol. The van der Waals surface area contributed by atoms with E-state index in [1.165, 1.54) is 4.74 Å². The van der Waals surface area contributed by atoms with Crippen molar-refractivity contribution in [1.82, 2.24) is 0 Å². The quantitative estimate of drug-likeness (QED) is 0.616. The highest BCUT2D eigenvalue weighted by molar-refractivity contribution is 5.03. The van der Waals surface area contributed by atoms with Crippen LogP contribution in [-0.2, 0) is 4.74 Å². The molecule has 0 aliphatic heterocycles. The highest BCUT2D eigenvalue weighted by Gasteiger charge is 2.84. The molecule has 0 fully saturated rings. The van der Waals surface area contributed by atoms with E-state index in [2.05, 4.69) is 0 Å². The number of rotatable bonds is 5. The summed E-state index contributed by atoms with van der Waals surface area (Å²) in [5, 5.41) is 0. The van der Waals surface area contributed by atoms with Crippen LogP contribution in [0.25, 0.3) is 0 Å². The average Bonchev–Trinajstić information content (AvgIpc) is 2.24. The van der Waals surface area contributed by atoms with Crippen LogP contribution in [0, 0.1) is 0 Å². The van der Waals surface area contributed by atoms with Crippen LogP contribution in [0.4, 0.5) is 61.5 Å². The third-order valence-electron chi connectivity index (χ3n) is 1.79. The maximum absolute atomic E-state index is 12.5. The molecule has 0 aromatic rings. The summed E-state index contributed by atoms with van der Waals surface area (Å²) >= 11 is 0. The summed E-state index contributed by atoms with van der Waals surface area (Å²) in [6.07, 6.45) is -25.4. The van der Waals surface area contributed by atoms with Crippen molar-refractivity contribution in [1.29, 1.82) is 0 Å². The van der Waals surface area contributed by atoms with Crippen molar-refractivity contribution >= 4 is 0 Å². The Kier molecular flexibility index (Phi) is 5.10. The van der Waals surface area contributed by atoms with Gasteiger partial charge in [-0.1, -0.05) is 0 Å². The highest BCUT2D eigenvalue weighted by atomic mass is 19.4. The Morgan fingerprint density at radius 2 is 0.955 bits per heavy atom. The highest BCUT2D eigenvalue weighted by Crippen LogP contribution is 2.55. The van der Waals surface area contributed by atoms with Crippen LogP contribution >= 0.6 is 0 Å². The van der Waals surface area contributed by atoms with Gasteiger partial charge in [0.2, 0.25) is 0 Å². The van der Waals surface area contributed by atoms with Gasteiger partial charge in [0.15, 0.2) is 0 Å². The molecule has 0 bridgehead atoms.